The first-order chi connectivity index (χ1) is 6.72. The van der Waals surface area contributed by atoms with E-state index in [2.05, 4.69) is 10.1 Å². The highest BCUT2D eigenvalue weighted by Gasteiger charge is 2.30. The molecule has 0 bridgehead atoms. The number of aliphatic hydroxyl groups is 1. The van der Waals surface area contributed by atoms with Gasteiger partial charge in [0.05, 0.1) is 0 Å². The summed E-state index contributed by atoms with van der Waals surface area (Å²) < 4.78 is 4.96. The maximum absolute atomic E-state index is 9.68. The fourth-order valence-electron chi connectivity index (χ4n) is 1.28. The number of aliphatic hydroxyl groups excluding tert-OH is 1. The molecule has 15 heavy (non-hydrogen) atoms. The van der Waals surface area contributed by atoms with Crippen molar-refractivity contribution in [2.45, 2.75) is 44.2 Å². The van der Waals surface area contributed by atoms with Gasteiger partial charge in [0.1, 0.15) is 6.10 Å². The normalized spacial score (nSPS) is 19.4. The highest BCUT2D eigenvalue weighted by Crippen LogP contribution is 2.38. The van der Waals surface area contributed by atoms with Gasteiger partial charge < -0.3 is 15.4 Å². The molecule has 0 aliphatic heterocycles. The minimum atomic E-state index is -0.833. The van der Waals surface area contributed by atoms with Gasteiger partial charge in [-0.3, -0.25) is 0 Å². The molecule has 2 rings (SSSR count). The first-order valence-corrected chi connectivity index (χ1v) is 4.99. The number of hydrogen-bond donors (Lipinski definition) is 2. The molecule has 5 nitrogen and oxygen atoms in total. The Balaban J connectivity index is 0.00000112. The van der Waals surface area contributed by atoms with E-state index in [-0.39, 0.29) is 24.3 Å². The van der Waals surface area contributed by atoms with Crippen molar-refractivity contribution in [3.05, 3.63) is 11.7 Å². The second kappa shape index (κ2) is 4.92. The standard InChI is InChI=1S/C9H15N3O2.ClH/c1-2-6(10)7(13)9-11-8(12-14-9)5-3-4-5;/h5-7,13H,2-4,10H2,1H3;1H. The lowest BCUT2D eigenvalue weighted by Crippen LogP contribution is -2.27. The molecule has 0 radical (unpaired) electrons. The van der Waals surface area contributed by atoms with Crippen LogP contribution in [0, 0.1) is 0 Å². The first-order valence-electron chi connectivity index (χ1n) is 4.99. The molecule has 0 saturated heterocycles. The van der Waals surface area contributed by atoms with Gasteiger partial charge in [0, 0.05) is 12.0 Å². The van der Waals surface area contributed by atoms with Crippen LogP contribution in [-0.2, 0) is 0 Å². The molecule has 1 aliphatic rings. The summed E-state index contributed by atoms with van der Waals surface area (Å²) in [5.41, 5.74) is 5.67. The summed E-state index contributed by atoms with van der Waals surface area (Å²) in [6.07, 6.45) is 2.09. The number of nitrogens with two attached hydrogens (primary N) is 1. The maximum Gasteiger partial charge on any atom is 0.257 e. The smallest absolute Gasteiger partial charge is 0.257 e. The van der Waals surface area contributed by atoms with E-state index in [9.17, 15) is 5.11 Å². The van der Waals surface area contributed by atoms with Crippen LogP contribution in [0.5, 0.6) is 0 Å². The van der Waals surface area contributed by atoms with Crippen molar-refractivity contribution in [1.82, 2.24) is 10.1 Å². The van der Waals surface area contributed by atoms with Crippen LogP contribution in [0.4, 0.5) is 0 Å². The number of hydrogen-bond acceptors (Lipinski definition) is 5. The lowest BCUT2D eigenvalue weighted by atomic mass is 10.1. The molecule has 2 unspecified atom stereocenters. The van der Waals surface area contributed by atoms with Gasteiger partial charge in [-0.1, -0.05) is 12.1 Å². The van der Waals surface area contributed by atoms with Crippen molar-refractivity contribution in [2.75, 3.05) is 0 Å². The van der Waals surface area contributed by atoms with Crippen molar-refractivity contribution in [3.63, 3.8) is 0 Å². The maximum atomic E-state index is 9.68. The third kappa shape index (κ3) is 2.68. The van der Waals surface area contributed by atoms with Gasteiger partial charge in [-0.15, -0.1) is 12.4 Å². The van der Waals surface area contributed by atoms with Gasteiger partial charge in [0.25, 0.3) is 5.89 Å². The molecule has 86 valence electrons. The molecule has 0 spiro atoms. The predicted octanol–water partition coefficient (Wildman–Crippen LogP) is 1.14. The summed E-state index contributed by atoms with van der Waals surface area (Å²) in [7, 11) is 0. The Kier molecular flexibility index (Phi) is 4.07. The average molecular weight is 234 g/mol. The van der Waals surface area contributed by atoms with E-state index in [1.807, 2.05) is 6.92 Å². The Hall–Kier alpha value is -0.650. The number of halogens is 1. The Labute approximate surface area is 94.5 Å². The summed E-state index contributed by atoms with van der Waals surface area (Å²) >= 11 is 0. The molecule has 1 aromatic heterocycles. The third-order valence-electron chi connectivity index (χ3n) is 2.53. The number of nitrogens with zero attached hydrogens (tertiary/aromatic N) is 2. The molecule has 1 heterocycles. The van der Waals surface area contributed by atoms with Crippen LogP contribution in [0.3, 0.4) is 0 Å². The third-order valence-corrected chi connectivity index (χ3v) is 2.53. The SMILES string of the molecule is CCC(N)C(O)c1nc(C2CC2)no1.Cl. The Morgan fingerprint density at radius 3 is 2.80 bits per heavy atom. The van der Waals surface area contributed by atoms with Crippen LogP contribution in [0.1, 0.15) is 49.9 Å². The van der Waals surface area contributed by atoms with Crippen LogP contribution < -0.4 is 5.73 Å². The highest BCUT2D eigenvalue weighted by molar-refractivity contribution is 5.85. The van der Waals surface area contributed by atoms with Crippen LogP contribution in [-0.4, -0.2) is 21.3 Å². The van der Waals surface area contributed by atoms with E-state index in [0.29, 0.717) is 18.2 Å². The molecule has 2 atom stereocenters. The minimum Gasteiger partial charge on any atom is -0.382 e. The number of rotatable bonds is 4. The Bertz CT molecular complexity index is 314. The topological polar surface area (TPSA) is 85.2 Å². The summed E-state index contributed by atoms with van der Waals surface area (Å²) in [6, 6.07) is -0.331. The zero-order chi connectivity index (χ0) is 10.1. The molecule has 3 N–H and O–H groups in total. The zero-order valence-corrected chi connectivity index (χ0v) is 9.41. The van der Waals surface area contributed by atoms with E-state index >= 15 is 0 Å². The summed E-state index contributed by atoms with van der Waals surface area (Å²) in [5.74, 6) is 1.40. The molecular weight excluding hydrogens is 218 g/mol. The molecule has 0 amide bonds. The second-order valence-electron chi connectivity index (χ2n) is 3.78. The van der Waals surface area contributed by atoms with Gasteiger partial charge in [-0.25, -0.2) is 0 Å². The van der Waals surface area contributed by atoms with Crippen LogP contribution >= 0.6 is 12.4 Å². The van der Waals surface area contributed by atoms with E-state index in [1.165, 1.54) is 0 Å². The van der Waals surface area contributed by atoms with Gasteiger partial charge >= 0.3 is 0 Å². The van der Waals surface area contributed by atoms with Crippen molar-refractivity contribution < 1.29 is 9.63 Å². The highest BCUT2D eigenvalue weighted by atomic mass is 35.5. The minimum absolute atomic E-state index is 0. The number of aromatic nitrogens is 2. The zero-order valence-electron chi connectivity index (χ0n) is 8.59. The van der Waals surface area contributed by atoms with E-state index in [0.717, 1.165) is 12.8 Å². The van der Waals surface area contributed by atoms with Crippen molar-refractivity contribution in [3.8, 4) is 0 Å². The van der Waals surface area contributed by atoms with E-state index in [1.54, 1.807) is 0 Å². The van der Waals surface area contributed by atoms with Gasteiger partial charge in [0.2, 0.25) is 0 Å². The van der Waals surface area contributed by atoms with Gasteiger partial charge in [0.15, 0.2) is 5.82 Å². The van der Waals surface area contributed by atoms with Crippen LogP contribution in [0.2, 0.25) is 0 Å². The summed E-state index contributed by atoms with van der Waals surface area (Å²) in [4.78, 5) is 4.13. The second-order valence-corrected chi connectivity index (χ2v) is 3.78. The lowest BCUT2D eigenvalue weighted by Gasteiger charge is -2.11. The van der Waals surface area contributed by atoms with E-state index < -0.39 is 6.10 Å². The van der Waals surface area contributed by atoms with Crippen molar-refractivity contribution in [1.29, 1.82) is 0 Å². The fourth-order valence-corrected chi connectivity index (χ4v) is 1.28. The van der Waals surface area contributed by atoms with Gasteiger partial charge in [-0.05, 0) is 19.3 Å². The summed E-state index contributed by atoms with van der Waals surface area (Å²) in [5, 5.41) is 13.5. The van der Waals surface area contributed by atoms with E-state index in [4.69, 9.17) is 10.3 Å². The summed E-state index contributed by atoms with van der Waals surface area (Å²) in [6.45, 7) is 1.91. The lowest BCUT2D eigenvalue weighted by molar-refractivity contribution is 0.105. The molecule has 0 aromatic carbocycles. The average Bonchev–Trinajstić information content (AvgIpc) is 2.94. The van der Waals surface area contributed by atoms with Crippen molar-refractivity contribution in [2.24, 2.45) is 5.73 Å². The Morgan fingerprint density at radius 1 is 1.60 bits per heavy atom. The largest absolute Gasteiger partial charge is 0.382 e. The molecule has 1 fully saturated rings. The van der Waals surface area contributed by atoms with Gasteiger partial charge in [-0.2, -0.15) is 4.98 Å². The monoisotopic (exact) mass is 233 g/mol. The quantitative estimate of drug-likeness (QED) is 0.815. The Morgan fingerprint density at radius 2 is 2.27 bits per heavy atom. The molecule has 6 heteroatoms. The van der Waals surface area contributed by atoms with Crippen molar-refractivity contribution >= 4 is 12.4 Å². The van der Waals surface area contributed by atoms with Crippen LogP contribution in [0.25, 0.3) is 0 Å². The first kappa shape index (κ1) is 12.4. The predicted molar refractivity (Wildman–Crippen MR) is 56.7 cm³/mol. The molecule has 1 aliphatic carbocycles. The molecular formula is C9H16ClN3O2. The van der Waals surface area contributed by atoms with Crippen LogP contribution in [0.15, 0.2) is 4.52 Å². The fraction of sp³-hybridized carbons (Fsp3) is 0.778. The molecule has 1 saturated carbocycles. The molecule has 1 aromatic rings.